The first kappa shape index (κ1) is 12.8. The maximum Gasteiger partial charge on any atom is 0.0234 e. The molecule has 0 aromatic carbocycles. The molecular formula is C16H22. The number of rotatable bonds is 3. The summed E-state index contributed by atoms with van der Waals surface area (Å²) in [6, 6.07) is 0. The molecule has 0 amide bonds. The molecule has 0 saturated carbocycles. The lowest BCUT2D eigenvalue weighted by molar-refractivity contribution is 0.715. The highest BCUT2D eigenvalue weighted by Crippen LogP contribution is 2.17. The third-order valence-corrected chi connectivity index (χ3v) is 3.09. The fraction of sp³-hybridized carbons (Fsp3) is 0.500. The van der Waals surface area contributed by atoms with Gasteiger partial charge in [0.1, 0.15) is 0 Å². The van der Waals surface area contributed by atoms with Gasteiger partial charge in [0.2, 0.25) is 0 Å². The van der Waals surface area contributed by atoms with Crippen molar-refractivity contribution in [3.8, 4) is 11.8 Å². The SMILES string of the molecule is C=CC(C#CC1=CCCCC1)=C(CC)CC. The van der Waals surface area contributed by atoms with Gasteiger partial charge in [-0.1, -0.05) is 50.0 Å². The molecule has 0 atom stereocenters. The van der Waals surface area contributed by atoms with Crippen LogP contribution in [-0.2, 0) is 0 Å². The van der Waals surface area contributed by atoms with Crippen LogP contribution in [0.3, 0.4) is 0 Å². The molecule has 0 saturated heterocycles. The second-order valence-corrected chi connectivity index (χ2v) is 4.15. The zero-order valence-corrected chi connectivity index (χ0v) is 10.6. The number of hydrogen-bond donors (Lipinski definition) is 0. The summed E-state index contributed by atoms with van der Waals surface area (Å²) in [6.45, 7) is 8.23. The van der Waals surface area contributed by atoms with Gasteiger partial charge in [0.05, 0.1) is 0 Å². The topological polar surface area (TPSA) is 0 Å². The molecule has 1 rings (SSSR count). The Hall–Kier alpha value is -1.22. The third-order valence-electron chi connectivity index (χ3n) is 3.09. The van der Waals surface area contributed by atoms with E-state index in [-0.39, 0.29) is 0 Å². The van der Waals surface area contributed by atoms with Crippen LogP contribution >= 0.6 is 0 Å². The Kier molecular flexibility index (Phi) is 5.72. The minimum absolute atomic E-state index is 1.07. The standard InChI is InChI=1S/C16H22/c1-4-15(5-2)16(6-3)13-12-14-10-8-7-9-11-14/h6,10H,3-5,7-9,11H2,1-2H3. The van der Waals surface area contributed by atoms with Gasteiger partial charge in [-0.15, -0.1) is 0 Å². The number of hydrogen-bond acceptors (Lipinski definition) is 0. The summed E-state index contributed by atoms with van der Waals surface area (Å²) in [7, 11) is 0. The largest absolute Gasteiger partial charge is 0.0978 e. The zero-order valence-electron chi connectivity index (χ0n) is 10.6. The highest BCUT2D eigenvalue weighted by atomic mass is 14.0. The Bertz CT molecular complexity index is 349. The molecule has 1 aliphatic carbocycles. The Labute approximate surface area is 100 Å². The second kappa shape index (κ2) is 7.12. The van der Waals surface area contributed by atoms with E-state index in [0.29, 0.717) is 0 Å². The highest BCUT2D eigenvalue weighted by molar-refractivity contribution is 5.45. The van der Waals surface area contributed by atoms with Gasteiger partial charge >= 0.3 is 0 Å². The molecule has 16 heavy (non-hydrogen) atoms. The normalized spacial score (nSPS) is 14.5. The molecule has 86 valence electrons. The Balaban J connectivity index is 2.84. The first-order valence-corrected chi connectivity index (χ1v) is 6.37. The highest BCUT2D eigenvalue weighted by Gasteiger charge is 2.00. The average Bonchev–Trinajstić information content (AvgIpc) is 2.35. The quantitative estimate of drug-likeness (QED) is 0.468. The third kappa shape index (κ3) is 3.74. The van der Waals surface area contributed by atoms with Crippen molar-refractivity contribution in [2.45, 2.75) is 52.4 Å². The predicted molar refractivity (Wildman–Crippen MR) is 72.1 cm³/mol. The summed E-state index contributed by atoms with van der Waals surface area (Å²) >= 11 is 0. The van der Waals surface area contributed by atoms with E-state index in [1.165, 1.54) is 30.4 Å². The van der Waals surface area contributed by atoms with Crippen LogP contribution in [0.5, 0.6) is 0 Å². The van der Waals surface area contributed by atoms with Crippen LogP contribution in [0.2, 0.25) is 0 Å². The lowest BCUT2D eigenvalue weighted by Gasteiger charge is -2.06. The smallest absolute Gasteiger partial charge is 0.0234 e. The van der Waals surface area contributed by atoms with E-state index < -0.39 is 0 Å². The summed E-state index contributed by atoms with van der Waals surface area (Å²) in [5.74, 6) is 6.59. The molecule has 0 fully saturated rings. The lowest BCUT2D eigenvalue weighted by Crippen LogP contribution is -1.90. The van der Waals surface area contributed by atoms with Crippen molar-refractivity contribution in [2.24, 2.45) is 0 Å². The lowest BCUT2D eigenvalue weighted by atomic mass is 9.98. The summed E-state index contributed by atoms with van der Waals surface area (Å²) < 4.78 is 0. The van der Waals surface area contributed by atoms with Crippen molar-refractivity contribution in [1.29, 1.82) is 0 Å². The molecule has 0 heteroatoms. The summed E-state index contributed by atoms with van der Waals surface area (Å²) in [5, 5.41) is 0. The van der Waals surface area contributed by atoms with Crippen LogP contribution in [0.1, 0.15) is 52.4 Å². The van der Waals surface area contributed by atoms with Crippen LogP contribution in [0, 0.1) is 11.8 Å². The minimum Gasteiger partial charge on any atom is -0.0978 e. The van der Waals surface area contributed by atoms with Crippen molar-refractivity contribution in [2.75, 3.05) is 0 Å². The van der Waals surface area contributed by atoms with Gasteiger partial charge in [0, 0.05) is 5.57 Å². The first-order valence-electron chi connectivity index (χ1n) is 6.37. The van der Waals surface area contributed by atoms with Crippen LogP contribution < -0.4 is 0 Å². The predicted octanol–water partition coefficient (Wildman–Crippen LogP) is 4.79. The van der Waals surface area contributed by atoms with E-state index in [4.69, 9.17) is 0 Å². The van der Waals surface area contributed by atoms with E-state index in [9.17, 15) is 0 Å². The van der Waals surface area contributed by atoms with E-state index in [1.54, 1.807) is 0 Å². The van der Waals surface area contributed by atoms with Crippen molar-refractivity contribution >= 4 is 0 Å². The molecule has 0 aliphatic heterocycles. The summed E-state index contributed by atoms with van der Waals surface area (Å²) in [4.78, 5) is 0. The Morgan fingerprint density at radius 2 is 2.12 bits per heavy atom. The molecule has 0 N–H and O–H groups in total. The summed E-state index contributed by atoms with van der Waals surface area (Å²) in [5.41, 5.74) is 3.87. The first-order chi connectivity index (χ1) is 7.81. The van der Waals surface area contributed by atoms with Crippen molar-refractivity contribution < 1.29 is 0 Å². The van der Waals surface area contributed by atoms with Gasteiger partial charge in [-0.3, -0.25) is 0 Å². The second-order valence-electron chi connectivity index (χ2n) is 4.15. The molecule has 0 aromatic rings. The van der Waals surface area contributed by atoms with E-state index >= 15 is 0 Å². The molecular weight excluding hydrogens is 192 g/mol. The van der Waals surface area contributed by atoms with Crippen molar-refractivity contribution in [3.05, 3.63) is 35.5 Å². The fourth-order valence-corrected chi connectivity index (χ4v) is 2.01. The van der Waals surface area contributed by atoms with E-state index in [2.05, 4.69) is 38.3 Å². The molecule has 0 radical (unpaired) electrons. The average molecular weight is 214 g/mol. The van der Waals surface area contributed by atoms with Crippen LogP contribution in [0.15, 0.2) is 35.5 Å². The van der Waals surface area contributed by atoms with Gasteiger partial charge in [0.25, 0.3) is 0 Å². The maximum absolute atomic E-state index is 3.86. The Morgan fingerprint density at radius 3 is 2.62 bits per heavy atom. The molecule has 0 unspecified atom stereocenters. The fourth-order valence-electron chi connectivity index (χ4n) is 2.01. The van der Waals surface area contributed by atoms with E-state index in [0.717, 1.165) is 24.8 Å². The molecule has 1 aliphatic rings. The minimum atomic E-state index is 1.07. The van der Waals surface area contributed by atoms with E-state index in [1.807, 2.05) is 6.08 Å². The van der Waals surface area contributed by atoms with Gasteiger partial charge in [-0.05, 0) is 44.1 Å². The van der Waals surface area contributed by atoms with Crippen LogP contribution in [0.25, 0.3) is 0 Å². The van der Waals surface area contributed by atoms with Crippen molar-refractivity contribution in [1.82, 2.24) is 0 Å². The molecule has 0 aromatic heterocycles. The van der Waals surface area contributed by atoms with Crippen LogP contribution in [0.4, 0.5) is 0 Å². The molecule has 0 heterocycles. The number of allylic oxidation sites excluding steroid dienone is 5. The monoisotopic (exact) mass is 214 g/mol. The maximum atomic E-state index is 3.86. The van der Waals surface area contributed by atoms with Crippen LogP contribution in [-0.4, -0.2) is 0 Å². The molecule has 0 nitrogen and oxygen atoms in total. The Morgan fingerprint density at radius 1 is 1.38 bits per heavy atom. The molecule has 0 spiro atoms. The van der Waals surface area contributed by atoms with Gasteiger partial charge in [-0.2, -0.15) is 0 Å². The molecule has 0 bridgehead atoms. The summed E-state index contributed by atoms with van der Waals surface area (Å²) in [6.07, 6.45) is 11.3. The zero-order chi connectivity index (χ0) is 11.8. The van der Waals surface area contributed by atoms with Gasteiger partial charge < -0.3 is 0 Å². The van der Waals surface area contributed by atoms with Gasteiger partial charge in [0.15, 0.2) is 0 Å². The van der Waals surface area contributed by atoms with Crippen molar-refractivity contribution in [3.63, 3.8) is 0 Å². The van der Waals surface area contributed by atoms with Gasteiger partial charge in [-0.25, -0.2) is 0 Å².